The molecular formula is C53H84O23. The van der Waals surface area contributed by atoms with Crippen LogP contribution in [0.2, 0.25) is 0 Å². The van der Waals surface area contributed by atoms with Gasteiger partial charge >= 0.3 is 11.9 Å². The zero-order chi connectivity index (χ0) is 56.2. The Morgan fingerprint density at radius 3 is 1.79 bits per heavy atom. The van der Waals surface area contributed by atoms with E-state index in [1.807, 2.05) is 20.8 Å². The second kappa shape index (κ2) is 21.5. The van der Waals surface area contributed by atoms with E-state index in [1.54, 1.807) is 19.9 Å². The number of carbonyl (C=O) groups is 2. The first-order chi connectivity index (χ1) is 35.5. The largest absolute Gasteiger partial charge is 0.479 e. The summed E-state index contributed by atoms with van der Waals surface area (Å²) in [5, 5.41) is 155. The van der Waals surface area contributed by atoms with E-state index >= 15 is 0 Å². The molecule has 23 heteroatoms. The molecule has 0 aromatic heterocycles. The molecule has 76 heavy (non-hydrogen) atoms. The van der Waals surface area contributed by atoms with Gasteiger partial charge in [0, 0.05) is 16.4 Å². The van der Waals surface area contributed by atoms with E-state index in [2.05, 4.69) is 26.8 Å². The highest BCUT2D eigenvalue weighted by Crippen LogP contribution is 2.76. The summed E-state index contributed by atoms with van der Waals surface area (Å²) >= 11 is 0. The van der Waals surface area contributed by atoms with Crippen molar-refractivity contribution in [3.8, 4) is 0 Å². The van der Waals surface area contributed by atoms with Gasteiger partial charge in [0.1, 0.15) is 79.4 Å². The maximum atomic E-state index is 13.2. The number of aliphatic carboxylic acids is 1. The summed E-state index contributed by atoms with van der Waals surface area (Å²) in [6.07, 6.45) is -26.3. The van der Waals surface area contributed by atoms with Crippen molar-refractivity contribution >= 4 is 11.9 Å². The molecule has 8 aliphatic rings. The van der Waals surface area contributed by atoms with Crippen LogP contribution in [0.25, 0.3) is 0 Å². The molecule has 3 saturated heterocycles. The van der Waals surface area contributed by atoms with Gasteiger partial charge in [0.05, 0.1) is 44.1 Å². The van der Waals surface area contributed by atoms with Gasteiger partial charge in [0.15, 0.2) is 25.0 Å². The molecule has 23 nitrogen and oxygen atoms in total. The number of ether oxygens (including phenoxy) is 7. The molecule has 27 atom stereocenters. The van der Waals surface area contributed by atoms with Gasteiger partial charge in [-0.25, -0.2) is 9.59 Å². The van der Waals surface area contributed by atoms with Crippen molar-refractivity contribution in [1.82, 2.24) is 0 Å². The lowest BCUT2D eigenvalue weighted by Gasteiger charge is -2.72. The Bertz CT molecular complexity index is 2170. The molecule has 5 aliphatic carbocycles. The van der Waals surface area contributed by atoms with E-state index in [0.717, 1.165) is 5.57 Å². The molecule has 0 aromatic carbocycles. The minimum absolute atomic E-state index is 0.0566. The first kappa shape index (κ1) is 59.8. The van der Waals surface area contributed by atoms with Crippen LogP contribution in [0.15, 0.2) is 23.3 Å². The Morgan fingerprint density at radius 2 is 1.26 bits per heavy atom. The van der Waals surface area contributed by atoms with E-state index < -0.39 is 193 Å². The lowest BCUT2D eigenvalue weighted by molar-refractivity contribution is -0.392. The Morgan fingerprint density at radius 1 is 0.684 bits per heavy atom. The van der Waals surface area contributed by atoms with Crippen LogP contribution in [0.1, 0.15) is 100 Å². The number of allylic oxidation sites excluding steroid dienone is 3. The summed E-state index contributed by atoms with van der Waals surface area (Å²) in [7, 11) is 0. The van der Waals surface area contributed by atoms with Gasteiger partial charge in [-0.3, -0.25) is 0 Å². The van der Waals surface area contributed by atoms with E-state index in [0.29, 0.717) is 37.7 Å². The van der Waals surface area contributed by atoms with E-state index in [1.165, 1.54) is 0 Å². The Hall–Kier alpha value is -2.34. The summed E-state index contributed by atoms with van der Waals surface area (Å²) in [6.45, 7) is 12.9. The number of hydrogen-bond acceptors (Lipinski definition) is 22. The fraction of sp³-hybridized carbons (Fsp3) is 0.887. The maximum Gasteiger partial charge on any atom is 0.335 e. The fourth-order valence-corrected chi connectivity index (χ4v) is 15.9. The highest BCUT2D eigenvalue weighted by molar-refractivity contribution is 5.87. The summed E-state index contributed by atoms with van der Waals surface area (Å²) in [5.74, 6) is -3.12. The Balaban J connectivity index is 1.10. The summed E-state index contributed by atoms with van der Waals surface area (Å²) < 4.78 is 41.9. The van der Waals surface area contributed by atoms with Gasteiger partial charge in [0.2, 0.25) is 0 Å². The molecule has 3 aliphatic heterocycles. The highest BCUT2D eigenvalue weighted by Gasteiger charge is 2.73. The average molecular weight is 1090 g/mol. The zero-order valence-electron chi connectivity index (χ0n) is 44.6. The molecule has 8 rings (SSSR count). The highest BCUT2D eigenvalue weighted by atomic mass is 16.8. The molecule has 434 valence electrons. The van der Waals surface area contributed by atoms with Crippen LogP contribution in [0, 0.1) is 50.2 Å². The topological polar surface area (TPSA) is 382 Å². The average Bonchev–Trinajstić information content (AvgIpc) is 3.58. The normalized spacial score (nSPS) is 52.3. The van der Waals surface area contributed by atoms with Crippen molar-refractivity contribution in [2.75, 3.05) is 26.4 Å². The lowest BCUT2D eigenvalue weighted by atomic mass is 9.33. The number of aliphatic hydroxyl groups is 13. The van der Waals surface area contributed by atoms with Crippen molar-refractivity contribution in [2.45, 2.75) is 217 Å². The van der Waals surface area contributed by atoms with Crippen LogP contribution >= 0.6 is 0 Å². The molecule has 3 heterocycles. The third-order valence-corrected chi connectivity index (χ3v) is 20.8. The summed E-state index contributed by atoms with van der Waals surface area (Å²) in [4.78, 5) is 26.2. The van der Waals surface area contributed by atoms with Crippen LogP contribution in [0.5, 0.6) is 0 Å². The molecule has 0 bridgehead atoms. The predicted octanol–water partition coefficient (Wildman–Crippen LogP) is -1.89. The van der Waals surface area contributed by atoms with Crippen LogP contribution < -0.4 is 0 Å². The Kier molecular flexibility index (Phi) is 16.9. The molecule has 0 amide bonds. The van der Waals surface area contributed by atoms with Crippen molar-refractivity contribution in [1.29, 1.82) is 0 Å². The van der Waals surface area contributed by atoms with Crippen LogP contribution in [-0.2, 0) is 42.7 Å². The van der Waals surface area contributed by atoms with Crippen LogP contribution in [0.3, 0.4) is 0 Å². The lowest BCUT2D eigenvalue weighted by Crippen LogP contribution is -2.72. The first-order valence-electron chi connectivity index (χ1n) is 26.8. The fourth-order valence-electron chi connectivity index (χ4n) is 15.9. The molecule has 0 aromatic rings. The van der Waals surface area contributed by atoms with Gasteiger partial charge in [-0.05, 0) is 92.8 Å². The zero-order valence-corrected chi connectivity index (χ0v) is 44.6. The number of fused-ring (bicyclic) bond motifs is 7. The van der Waals surface area contributed by atoms with Crippen LogP contribution in [0.4, 0.5) is 0 Å². The molecule has 0 spiro atoms. The predicted molar refractivity (Wildman–Crippen MR) is 259 cm³/mol. The van der Waals surface area contributed by atoms with Gasteiger partial charge in [-0.1, -0.05) is 59.3 Å². The SMILES string of the molecule is C/C=C(\C)C(=O)O[C@H]1[C@H](O)C2(CO)[C@H](O)C[C@]3(C)C(=CCC4[C@@]5(C)CC[C@H](O[C@@H]6O[C@H](C(=O)O)[C@@H](O[C@@H]7O[C@H](CO)[C@@H](O)[C@H](O)[C@H]7O)[C@H](O)[C@H]6O[C@@H]6O[C@H](CO)[C@@H](O)[C@H](O)[C@H]6O)[C@](C)(CO)C5CC[C@]43C)[C@@H]2CC1(C)C. The monoisotopic (exact) mass is 1090 g/mol. The first-order valence-corrected chi connectivity index (χ1v) is 26.8. The standard InChI is InChI=1S/C53H84O23/c1-9-22(2)44(69)76-42-41(66)53(21-57)24(16-48(42,3)4)23-10-11-28-49(5)14-13-30(50(6,20-56)27(49)12-15-51(28,7)52(23,8)17-29(53)58)72-47-39(74-46-36(64)34(62)32(60)26(19-55)71-46)37(65)38(40(75-47)43(67)68)73-45-35(63)33(61)31(59)25(18-54)70-45/h9-10,24-42,45-47,54-66H,11-21H2,1-8H3,(H,67,68)/b22-9+/t24-,25+,26+,27?,28?,29+,30-,31+,32+,33-,34-,35+,36+,37-,38-,39+,40-,41-,42-,45-,46-,47+,49-,50+,51+,52+,53?/m0/s1. The van der Waals surface area contributed by atoms with Crippen molar-refractivity contribution in [3.63, 3.8) is 0 Å². The minimum atomic E-state index is -2.16. The van der Waals surface area contributed by atoms with Crippen molar-refractivity contribution in [3.05, 3.63) is 23.3 Å². The third kappa shape index (κ3) is 9.16. The number of hydrogen-bond donors (Lipinski definition) is 14. The molecule has 3 unspecified atom stereocenters. The number of carbonyl (C=O) groups excluding carboxylic acids is 1. The molecule has 14 N–H and O–H groups in total. The van der Waals surface area contributed by atoms with Gasteiger partial charge in [-0.15, -0.1) is 0 Å². The molecule has 4 saturated carbocycles. The third-order valence-electron chi connectivity index (χ3n) is 20.8. The minimum Gasteiger partial charge on any atom is -0.479 e. The van der Waals surface area contributed by atoms with Crippen LogP contribution in [-0.4, -0.2) is 226 Å². The van der Waals surface area contributed by atoms with Gasteiger partial charge < -0.3 is 105 Å². The molecular weight excluding hydrogens is 1000 g/mol. The number of aliphatic hydroxyl groups excluding tert-OH is 13. The van der Waals surface area contributed by atoms with Gasteiger partial charge in [0.25, 0.3) is 0 Å². The number of rotatable bonds is 13. The van der Waals surface area contributed by atoms with E-state index in [4.69, 9.17) is 33.2 Å². The smallest absolute Gasteiger partial charge is 0.335 e. The van der Waals surface area contributed by atoms with E-state index in [9.17, 15) is 81.1 Å². The quantitative estimate of drug-likeness (QED) is 0.0415. The summed E-state index contributed by atoms with van der Waals surface area (Å²) in [6, 6.07) is 0. The molecule has 0 radical (unpaired) electrons. The van der Waals surface area contributed by atoms with Gasteiger partial charge in [-0.2, -0.15) is 0 Å². The second-order valence-electron chi connectivity index (χ2n) is 24.9. The molecule has 7 fully saturated rings. The second-order valence-corrected chi connectivity index (χ2v) is 24.9. The number of carboxylic acid groups (broad SMARTS) is 1. The maximum absolute atomic E-state index is 13.2. The Labute approximate surface area is 442 Å². The van der Waals surface area contributed by atoms with Crippen molar-refractivity contribution in [2.24, 2.45) is 50.2 Å². The number of esters is 1. The number of carboxylic acids is 1. The summed E-state index contributed by atoms with van der Waals surface area (Å²) in [5.41, 5.74) is -3.57. The van der Waals surface area contributed by atoms with E-state index in [-0.39, 0.29) is 24.7 Å². The van der Waals surface area contributed by atoms with Crippen molar-refractivity contribution < 1.29 is 114 Å².